The average Bonchev–Trinajstić information content (AvgIpc) is 2.75. The van der Waals surface area contributed by atoms with Crippen molar-refractivity contribution in [3.8, 4) is 0 Å². The Bertz CT molecular complexity index is 913. The van der Waals surface area contributed by atoms with Crippen LogP contribution in [-0.4, -0.2) is 16.1 Å². The van der Waals surface area contributed by atoms with Crippen molar-refractivity contribution in [1.82, 2.24) is 4.98 Å². The Morgan fingerprint density at radius 1 is 1.05 bits per heavy atom. The van der Waals surface area contributed by atoms with Crippen LogP contribution in [0.1, 0.15) is 15.9 Å². The molecule has 4 aromatic rings. The molecule has 5 nitrogen and oxygen atoms in total. The van der Waals surface area contributed by atoms with E-state index in [0.717, 1.165) is 0 Å². The molecule has 5 heteroatoms. The summed E-state index contributed by atoms with van der Waals surface area (Å²) in [6.45, 7) is 3.58. The monoisotopic (exact) mass is 295 g/mol. The van der Waals surface area contributed by atoms with Gasteiger partial charge in [0.2, 0.25) is 0 Å². The van der Waals surface area contributed by atoms with Crippen LogP contribution in [0.5, 0.6) is 0 Å². The third kappa shape index (κ3) is 3.27. The van der Waals surface area contributed by atoms with Crippen molar-refractivity contribution in [2.45, 2.75) is 0 Å². The van der Waals surface area contributed by atoms with E-state index in [1.54, 1.807) is 54.6 Å². The van der Waals surface area contributed by atoms with Crippen molar-refractivity contribution < 1.29 is 9.90 Å². The van der Waals surface area contributed by atoms with Gasteiger partial charge in [-0.25, -0.2) is 4.79 Å². The van der Waals surface area contributed by atoms with E-state index in [4.69, 9.17) is 5.11 Å². The number of aromatic nitrogens is 1. The van der Waals surface area contributed by atoms with Gasteiger partial charge >= 0.3 is 5.97 Å². The summed E-state index contributed by atoms with van der Waals surface area (Å²) in [5.41, 5.74) is 0.311. The molecule has 0 atom stereocenters. The lowest BCUT2D eigenvalue weighted by molar-refractivity contribution is 0.0697. The number of carbonyl (C=O) groups is 1. The molecule has 0 radical (unpaired) electrons. The largest absolute Gasteiger partial charge is 0.478 e. The predicted octanol–water partition coefficient (Wildman–Crippen LogP) is 2.35. The van der Waals surface area contributed by atoms with Gasteiger partial charge in [0, 0.05) is 10.8 Å². The summed E-state index contributed by atoms with van der Waals surface area (Å²) < 4.78 is 0. The molecule has 2 aromatic heterocycles. The van der Waals surface area contributed by atoms with E-state index in [-0.39, 0.29) is 11.1 Å². The van der Waals surface area contributed by atoms with Gasteiger partial charge in [0.25, 0.3) is 11.1 Å². The number of carboxylic acid groups (broad SMARTS) is 1. The van der Waals surface area contributed by atoms with Crippen molar-refractivity contribution in [2.24, 2.45) is 0 Å². The summed E-state index contributed by atoms with van der Waals surface area (Å²) in [7, 11) is 0. The van der Waals surface area contributed by atoms with Crippen molar-refractivity contribution >= 4 is 22.8 Å². The van der Waals surface area contributed by atoms with Crippen LogP contribution < -0.4 is 11.1 Å². The highest BCUT2D eigenvalue weighted by Crippen LogP contribution is 2.10. The Labute approximate surface area is 125 Å². The number of hydrogen-bond acceptors (Lipinski definition) is 3. The molecular weight excluding hydrogens is 282 g/mol. The molecule has 0 saturated carbocycles. The zero-order valence-electron chi connectivity index (χ0n) is 11.6. The van der Waals surface area contributed by atoms with Crippen LogP contribution in [0.3, 0.4) is 0 Å². The number of aromatic amines is 1. The first-order valence-corrected chi connectivity index (χ1v) is 6.43. The van der Waals surface area contributed by atoms with Gasteiger partial charge in [-0.15, -0.1) is 0 Å². The summed E-state index contributed by atoms with van der Waals surface area (Å²) in [5.74, 6) is -0.879. The standard InChI is InChI=1S/C10H7NO2.C7H6O2/c1-2-6-5-7-3-4-8(6)10(13)11-9(7)12;8-7(9)6-4-2-1-3-5-6/h2-5H,1H2,(H,11,12,13);1-5H,(H,8,9). The lowest BCUT2D eigenvalue weighted by Crippen LogP contribution is -2.12. The highest BCUT2D eigenvalue weighted by Gasteiger charge is 2.02. The van der Waals surface area contributed by atoms with Crippen molar-refractivity contribution in [3.63, 3.8) is 0 Å². The van der Waals surface area contributed by atoms with E-state index in [9.17, 15) is 14.4 Å². The Hall–Kier alpha value is -3.21. The maximum atomic E-state index is 11.3. The van der Waals surface area contributed by atoms with Crippen LogP contribution in [0.15, 0.2) is 64.7 Å². The fourth-order valence-corrected chi connectivity index (χ4v) is 1.90. The number of aromatic carboxylic acids is 1. The zero-order valence-corrected chi connectivity index (χ0v) is 11.6. The van der Waals surface area contributed by atoms with Gasteiger partial charge in [-0.1, -0.05) is 30.9 Å². The second kappa shape index (κ2) is 6.49. The Morgan fingerprint density at radius 2 is 1.73 bits per heavy atom. The molecule has 0 fully saturated rings. The Kier molecular flexibility index (Phi) is 4.48. The molecule has 2 N–H and O–H groups in total. The van der Waals surface area contributed by atoms with Crippen LogP contribution in [0.4, 0.5) is 0 Å². The molecule has 22 heavy (non-hydrogen) atoms. The minimum absolute atomic E-state index is 0.331. The summed E-state index contributed by atoms with van der Waals surface area (Å²) in [6, 6.07) is 13.2. The average molecular weight is 295 g/mol. The molecule has 2 bridgehead atoms. The smallest absolute Gasteiger partial charge is 0.335 e. The molecule has 0 aliphatic rings. The molecule has 0 spiro atoms. The van der Waals surface area contributed by atoms with Gasteiger partial charge in [-0.3, -0.25) is 14.6 Å². The third-order valence-corrected chi connectivity index (χ3v) is 3.03. The van der Waals surface area contributed by atoms with Gasteiger partial charge in [-0.2, -0.15) is 0 Å². The van der Waals surface area contributed by atoms with Gasteiger partial charge in [0.1, 0.15) is 0 Å². The normalized spacial score (nSPS) is 9.82. The maximum Gasteiger partial charge on any atom is 0.335 e. The second-order valence-corrected chi connectivity index (χ2v) is 4.46. The quantitative estimate of drug-likeness (QED) is 0.759. The van der Waals surface area contributed by atoms with E-state index in [2.05, 4.69) is 11.6 Å². The molecule has 0 aliphatic heterocycles. The fraction of sp³-hybridized carbons (Fsp3) is 0. The zero-order chi connectivity index (χ0) is 16.1. The molecule has 2 aromatic carbocycles. The van der Waals surface area contributed by atoms with E-state index in [1.807, 2.05) is 0 Å². The van der Waals surface area contributed by atoms with Crippen LogP contribution >= 0.6 is 0 Å². The lowest BCUT2D eigenvalue weighted by Gasteiger charge is -1.91. The molecule has 0 unspecified atom stereocenters. The Morgan fingerprint density at radius 3 is 2.27 bits per heavy atom. The first-order chi connectivity index (χ1) is 10.5. The summed E-state index contributed by atoms with van der Waals surface area (Å²) in [4.78, 5) is 35.0. The van der Waals surface area contributed by atoms with Crippen LogP contribution in [0.2, 0.25) is 0 Å². The fourth-order valence-electron chi connectivity index (χ4n) is 1.90. The van der Waals surface area contributed by atoms with Crippen molar-refractivity contribution in [2.75, 3.05) is 0 Å². The predicted molar refractivity (Wildman–Crippen MR) is 85.5 cm³/mol. The molecule has 0 saturated heterocycles. The number of carboxylic acids is 1. The van der Waals surface area contributed by atoms with Crippen molar-refractivity contribution in [3.05, 3.63) is 86.9 Å². The minimum atomic E-state index is -0.879. The van der Waals surface area contributed by atoms with E-state index in [0.29, 0.717) is 21.9 Å². The minimum Gasteiger partial charge on any atom is -0.478 e. The topological polar surface area (TPSA) is 87.2 Å². The highest BCUT2D eigenvalue weighted by atomic mass is 16.4. The van der Waals surface area contributed by atoms with Crippen LogP contribution in [0, 0.1) is 0 Å². The van der Waals surface area contributed by atoms with E-state index < -0.39 is 5.97 Å². The molecule has 4 rings (SSSR count). The molecule has 2 heterocycles. The number of rotatable bonds is 2. The number of nitrogens with one attached hydrogen (secondary N) is 1. The van der Waals surface area contributed by atoms with Crippen LogP contribution in [0.25, 0.3) is 16.8 Å². The number of fused-ring (bicyclic) bond motifs is 4. The molecular formula is C17H13NO4. The second-order valence-electron chi connectivity index (χ2n) is 4.46. The first-order valence-electron chi connectivity index (χ1n) is 6.43. The number of H-pyrrole nitrogens is 1. The van der Waals surface area contributed by atoms with E-state index >= 15 is 0 Å². The van der Waals surface area contributed by atoms with E-state index in [1.165, 1.54) is 0 Å². The lowest BCUT2D eigenvalue weighted by atomic mass is 10.1. The van der Waals surface area contributed by atoms with Gasteiger partial charge in [-0.05, 0) is 35.9 Å². The summed E-state index contributed by atoms with van der Waals surface area (Å²) >= 11 is 0. The SMILES string of the molecule is C=Cc1cc2ccc1c(=O)[nH]c2=O.O=C(O)c1ccccc1. The van der Waals surface area contributed by atoms with Gasteiger partial charge in [0.15, 0.2) is 0 Å². The summed E-state index contributed by atoms with van der Waals surface area (Å²) in [6.07, 6.45) is 1.57. The number of benzene rings is 2. The van der Waals surface area contributed by atoms with Gasteiger partial charge < -0.3 is 5.11 Å². The van der Waals surface area contributed by atoms with Gasteiger partial charge in [0.05, 0.1) is 5.56 Å². The molecule has 110 valence electrons. The Balaban J connectivity index is 0.000000172. The van der Waals surface area contributed by atoms with Crippen LogP contribution in [-0.2, 0) is 0 Å². The third-order valence-electron chi connectivity index (χ3n) is 3.03. The summed E-state index contributed by atoms with van der Waals surface area (Å²) in [5, 5.41) is 9.37. The molecule has 0 aliphatic carbocycles. The van der Waals surface area contributed by atoms with Crippen molar-refractivity contribution in [1.29, 1.82) is 0 Å². The number of hydrogen-bond donors (Lipinski definition) is 2. The first kappa shape index (κ1) is 15.2. The maximum absolute atomic E-state index is 11.3. The molecule has 0 amide bonds. The highest BCUT2D eigenvalue weighted by molar-refractivity contribution is 5.87.